The van der Waals surface area contributed by atoms with Crippen LogP contribution in [-0.4, -0.2) is 43.0 Å². The molecule has 1 aliphatic heterocycles. The molecule has 0 aliphatic carbocycles. The summed E-state index contributed by atoms with van der Waals surface area (Å²) in [5.41, 5.74) is 2.36. The fourth-order valence-corrected chi connectivity index (χ4v) is 4.07. The molecule has 0 unspecified atom stereocenters. The third kappa shape index (κ3) is 5.30. The number of imide groups is 1. The first kappa shape index (κ1) is 24.7. The van der Waals surface area contributed by atoms with Gasteiger partial charge >= 0.3 is 6.03 Å². The van der Waals surface area contributed by atoms with Crippen molar-refractivity contribution >= 4 is 29.2 Å². The molecule has 0 aromatic heterocycles. The highest BCUT2D eigenvalue weighted by Crippen LogP contribution is 2.30. The predicted octanol–water partition coefficient (Wildman–Crippen LogP) is 4.52. The van der Waals surface area contributed by atoms with Crippen molar-refractivity contribution in [2.75, 3.05) is 24.4 Å². The van der Waals surface area contributed by atoms with E-state index < -0.39 is 29.7 Å². The molecule has 1 heterocycles. The predicted molar refractivity (Wildman–Crippen MR) is 133 cm³/mol. The molecule has 8 nitrogen and oxygen atoms in total. The Labute approximate surface area is 208 Å². The molecule has 1 atom stereocenters. The Hall–Kier alpha value is -4.40. The van der Waals surface area contributed by atoms with Gasteiger partial charge in [-0.3, -0.25) is 9.59 Å². The first-order valence-electron chi connectivity index (χ1n) is 11.3. The van der Waals surface area contributed by atoms with E-state index in [1.54, 1.807) is 48.5 Å². The number of anilines is 2. The van der Waals surface area contributed by atoms with Crippen molar-refractivity contribution in [3.05, 3.63) is 83.7 Å². The van der Waals surface area contributed by atoms with Gasteiger partial charge in [-0.05, 0) is 42.3 Å². The fraction of sp³-hybridized carbons (Fsp3) is 0.222. The summed E-state index contributed by atoms with van der Waals surface area (Å²) in [6.07, 6.45) is -0.270. The van der Waals surface area contributed by atoms with Gasteiger partial charge in [-0.1, -0.05) is 24.3 Å². The number of aryl methyl sites for hydroxylation is 1. The third-order valence-electron chi connectivity index (χ3n) is 5.86. The van der Waals surface area contributed by atoms with Crippen LogP contribution < -0.4 is 19.7 Å². The van der Waals surface area contributed by atoms with Gasteiger partial charge in [0, 0.05) is 30.4 Å². The summed E-state index contributed by atoms with van der Waals surface area (Å²) in [6.45, 7) is 1.90. The lowest BCUT2D eigenvalue weighted by molar-refractivity contribution is -0.124. The lowest BCUT2D eigenvalue weighted by Crippen LogP contribution is -2.37. The minimum absolute atomic E-state index is 0.0398. The number of nitrogens with zero attached hydrogens (tertiary/aromatic N) is 2. The maximum Gasteiger partial charge on any atom is 0.332 e. The summed E-state index contributed by atoms with van der Waals surface area (Å²) in [7, 11) is 2.99. The standard InChI is InChI=1S/C27H26FN3O5/c1-17-5-4-6-21(11-17)31-26(33)24(30(27(31)34)16-18-7-9-19(28)10-8-18)15-25(32)29-20-12-22(35-2)14-23(13-20)36-3/h4-14,24H,15-16H2,1-3H3,(H,29,32)/t24-/m1/s1. The van der Waals surface area contributed by atoms with Crippen molar-refractivity contribution in [3.63, 3.8) is 0 Å². The number of hydrogen-bond donors (Lipinski definition) is 1. The van der Waals surface area contributed by atoms with E-state index in [1.165, 1.54) is 31.3 Å². The molecule has 9 heteroatoms. The maximum absolute atomic E-state index is 13.5. The highest BCUT2D eigenvalue weighted by atomic mass is 19.1. The van der Waals surface area contributed by atoms with E-state index in [1.807, 2.05) is 13.0 Å². The van der Waals surface area contributed by atoms with Crippen LogP contribution in [0.2, 0.25) is 0 Å². The molecule has 1 N–H and O–H groups in total. The van der Waals surface area contributed by atoms with E-state index in [0.717, 1.165) is 10.5 Å². The average molecular weight is 492 g/mol. The lowest BCUT2D eigenvalue weighted by atomic mass is 10.1. The molecule has 4 amide bonds. The first-order chi connectivity index (χ1) is 17.3. The molecular formula is C27H26FN3O5. The van der Waals surface area contributed by atoms with Crippen molar-refractivity contribution in [1.82, 2.24) is 4.90 Å². The minimum atomic E-state index is -1.05. The van der Waals surface area contributed by atoms with Crippen molar-refractivity contribution in [2.45, 2.75) is 25.9 Å². The van der Waals surface area contributed by atoms with Crippen LogP contribution in [0.1, 0.15) is 17.5 Å². The Bertz CT molecular complexity index is 1270. The smallest absolute Gasteiger partial charge is 0.332 e. The summed E-state index contributed by atoms with van der Waals surface area (Å²) in [5, 5.41) is 2.75. The Morgan fingerprint density at radius 2 is 1.64 bits per heavy atom. The number of carbonyl (C=O) groups excluding carboxylic acids is 3. The van der Waals surface area contributed by atoms with Gasteiger partial charge in [-0.25, -0.2) is 14.1 Å². The number of ether oxygens (including phenoxy) is 2. The Morgan fingerprint density at radius 1 is 0.972 bits per heavy atom. The summed E-state index contributed by atoms with van der Waals surface area (Å²) >= 11 is 0. The zero-order chi connectivity index (χ0) is 25.8. The van der Waals surface area contributed by atoms with Crippen LogP contribution >= 0.6 is 0 Å². The molecule has 0 bridgehead atoms. The van der Waals surface area contributed by atoms with E-state index in [4.69, 9.17) is 9.47 Å². The number of methoxy groups -OCH3 is 2. The van der Waals surface area contributed by atoms with Crippen LogP contribution in [0.5, 0.6) is 11.5 Å². The monoisotopic (exact) mass is 491 g/mol. The summed E-state index contributed by atoms with van der Waals surface area (Å²) in [6, 6.07) is 16.0. The van der Waals surface area contributed by atoms with Crippen molar-refractivity contribution in [2.24, 2.45) is 0 Å². The molecule has 3 aromatic rings. The molecule has 0 spiro atoms. The number of hydrogen-bond acceptors (Lipinski definition) is 5. The average Bonchev–Trinajstić information content (AvgIpc) is 3.08. The molecule has 186 valence electrons. The Morgan fingerprint density at radius 3 is 2.25 bits per heavy atom. The van der Waals surface area contributed by atoms with Gasteiger partial charge in [0.15, 0.2) is 0 Å². The second kappa shape index (κ2) is 10.5. The summed E-state index contributed by atoms with van der Waals surface area (Å²) in [4.78, 5) is 42.3. The van der Waals surface area contributed by atoms with E-state index >= 15 is 0 Å². The molecule has 1 saturated heterocycles. The molecule has 1 aliphatic rings. The number of rotatable bonds is 8. The molecule has 0 saturated carbocycles. The lowest BCUT2D eigenvalue weighted by Gasteiger charge is -2.22. The van der Waals surface area contributed by atoms with E-state index in [0.29, 0.717) is 28.4 Å². The SMILES string of the molecule is COc1cc(NC(=O)C[C@@H]2C(=O)N(c3cccc(C)c3)C(=O)N2Cc2ccc(F)cc2)cc(OC)c1. The second-order valence-electron chi connectivity index (χ2n) is 8.42. The zero-order valence-electron chi connectivity index (χ0n) is 20.2. The van der Waals surface area contributed by atoms with Crippen molar-refractivity contribution in [1.29, 1.82) is 0 Å². The van der Waals surface area contributed by atoms with E-state index in [2.05, 4.69) is 5.32 Å². The van der Waals surface area contributed by atoms with Gasteiger partial charge in [-0.2, -0.15) is 0 Å². The second-order valence-corrected chi connectivity index (χ2v) is 8.42. The number of carbonyl (C=O) groups is 3. The molecule has 3 aromatic carbocycles. The van der Waals surface area contributed by atoms with Gasteiger partial charge < -0.3 is 19.7 Å². The number of urea groups is 1. The summed E-state index contributed by atoms with van der Waals surface area (Å²) < 4.78 is 23.9. The van der Waals surface area contributed by atoms with E-state index in [9.17, 15) is 18.8 Å². The van der Waals surface area contributed by atoms with Gasteiger partial charge in [0.2, 0.25) is 5.91 Å². The van der Waals surface area contributed by atoms with Crippen LogP contribution in [0.3, 0.4) is 0 Å². The van der Waals surface area contributed by atoms with Crippen molar-refractivity contribution < 1.29 is 28.2 Å². The van der Waals surface area contributed by atoms with E-state index in [-0.39, 0.29) is 13.0 Å². The van der Waals surface area contributed by atoms with Gasteiger partial charge in [0.1, 0.15) is 23.4 Å². The van der Waals surface area contributed by atoms with Crippen LogP contribution in [0.25, 0.3) is 0 Å². The molecular weight excluding hydrogens is 465 g/mol. The van der Waals surface area contributed by atoms with Gasteiger partial charge in [-0.15, -0.1) is 0 Å². The zero-order valence-corrected chi connectivity index (χ0v) is 20.2. The number of nitrogens with one attached hydrogen (secondary N) is 1. The number of halogens is 1. The highest BCUT2D eigenvalue weighted by Gasteiger charge is 2.46. The normalized spacial score (nSPS) is 15.3. The topological polar surface area (TPSA) is 88.2 Å². The van der Waals surface area contributed by atoms with Crippen LogP contribution in [0, 0.1) is 12.7 Å². The van der Waals surface area contributed by atoms with Crippen LogP contribution in [0.15, 0.2) is 66.7 Å². The number of benzene rings is 3. The Balaban J connectivity index is 1.61. The largest absolute Gasteiger partial charge is 0.497 e. The quantitative estimate of drug-likeness (QED) is 0.468. The first-order valence-corrected chi connectivity index (χ1v) is 11.3. The van der Waals surface area contributed by atoms with Crippen LogP contribution in [0.4, 0.5) is 20.6 Å². The molecule has 4 rings (SSSR count). The molecule has 0 radical (unpaired) electrons. The molecule has 1 fully saturated rings. The van der Waals surface area contributed by atoms with Crippen LogP contribution in [-0.2, 0) is 16.1 Å². The number of amides is 4. The maximum atomic E-state index is 13.5. The summed E-state index contributed by atoms with van der Waals surface area (Å²) in [5.74, 6) is -0.410. The van der Waals surface area contributed by atoms with Gasteiger partial charge in [0.05, 0.1) is 26.3 Å². The minimum Gasteiger partial charge on any atom is -0.497 e. The van der Waals surface area contributed by atoms with Crippen molar-refractivity contribution in [3.8, 4) is 11.5 Å². The highest BCUT2D eigenvalue weighted by molar-refractivity contribution is 6.22. The third-order valence-corrected chi connectivity index (χ3v) is 5.86. The fourth-order valence-electron chi connectivity index (χ4n) is 4.07. The van der Waals surface area contributed by atoms with Gasteiger partial charge in [0.25, 0.3) is 5.91 Å². The Kier molecular flexibility index (Phi) is 7.19. The molecule has 36 heavy (non-hydrogen) atoms.